The van der Waals surface area contributed by atoms with Gasteiger partial charge in [0.1, 0.15) is 5.78 Å². The van der Waals surface area contributed by atoms with Crippen LogP contribution in [0.15, 0.2) is 42.5 Å². The van der Waals surface area contributed by atoms with Gasteiger partial charge in [-0.05, 0) is 30.2 Å². The van der Waals surface area contributed by atoms with Crippen molar-refractivity contribution in [3.63, 3.8) is 0 Å². The van der Waals surface area contributed by atoms with Crippen molar-refractivity contribution < 1.29 is 18.4 Å². The van der Waals surface area contributed by atoms with Crippen molar-refractivity contribution in [2.24, 2.45) is 0 Å². The minimum absolute atomic E-state index is 0.255. The molecule has 0 unspecified atom stereocenters. The molecule has 0 aliphatic rings. The van der Waals surface area contributed by atoms with Crippen LogP contribution >= 0.6 is 7.60 Å². The van der Waals surface area contributed by atoms with E-state index in [0.29, 0.717) is 6.42 Å². The summed E-state index contributed by atoms with van der Waals surface area (Å²) in [7, 11) is -3.44. The first-order valence-electron chi connectivity index (χ1n) is 8.12. The number of benzene rings is 2. The van der Waals surface area contributed by atoms with Crippen LogP contribution in [0, 0.1) is 0 Å². The van der Waals surface area contributed by atoms with E-state index in [1.807, 2.05) is 42.5 Å². The van der Waals surface area contributed by atoms with Crippen molar-refractivity contribution in [2.45, 2.75) is 33.0 Å². The number of rotatable bonds is 8. The third-order valence-electron chi connectivity index (χ3n) is 3.61. The van der Waals surface area contributed by atoms with Crippen LogP contribution in [0.25, 0.3) is 10.8 Å². The number of hydrogen-bond donors (Lipinski definition) is 1. The Bertz CT molecular complexity index is 737. The number of nitrogens with one attached hydrogen (secondary N) is 1. The SMILES string of the molecule is CCOP(=O)(OCC)[C@H](Cc1ccc2ccccc2c1)NC(C)=O. The Morgan fingerprint density at radius 2 is 1.71 bits per heavy atom. The summed E-state index contributed by atoms with van der Waals surface area (Å²) < 4.78 is 23.9. The maximum absolute atomic E-state index is 13.1. The van der Waals surface area contributed by atoms with Crippen LogP contribution in [0.4, 0.5) is 0 Å². The number of fused-ring (bicyclic) bond motifs is 1. The molecule has 0 aliphatic carbocycles. The minimum Gasteiger partial charge on any atom is -0.342 e. The van der Waals surface area contributed by atoms with Gasteiger partial charge in [-0.1, -0.05) is 42.5 Å². The molecule has 5 nitrogen and oxygen atoms in total. The summed E-state index contributed by atoms with van der Waals surface area (Å²) in [5, 5.41) is 4.97. The minimum atomic E-state index is -3.44. The molecule has 0 radical (unpaired) electrons. The van der Waals surface area contributed by atoms with Gasteiger partial charge < -0.3 is 14.4 Å². The molecule has 2 rings (SSSR count). The number of amides is 1. The predicted octanol–water partition coefficient (Wildman–Crippen LogP) is 4.11. The Morgan fingerprint density at radius 3 is 2.29 bits per heavy atom. The molecule has 1 atom stereocenters. The molecule has 1 amide bonds. The average molecular weight is 349 g/mol. The lowest BCUT2D eigenvalue weighted by Gasteiger charge is -2.27. The van der Waals surface area contributed by atoms with Crippen LogP contribution in [0.5, 0.6) is 0 Å². The van der Waals surface area contributed by atoms with E-state index in [0.717, 1.165) is 16.3 Å². The standard InChI is InChI=1S/C18H24NO4P/c1-4-22-24(21,23-5-2)18(19-14(3)20)13-15-10-11-16-8-6-7-9-17(16)12-15/h6-12,18H,4-5,13H2,1-3H3,(H,19,20)/t18-/m1/s1. The van der Waals surface area contributed by atoms with Crippen LogP contribution in [-0.4, -0.2) is 24.9 Å². The monoisotopic (exact) mass is 349 g/mol. The van der Waals surface area contributed by atoms with Crippen LogP contribution in [-0.2, 0) is 24.8 Å². The topological polar surface area (TPSA) is 64.6 Å². The fourth-order valence-electron chi connectivity index (χ4n) is 2.64. The van der Waals surface area contributed by atoms with Gasteiger partial charge in [0.15, 0.2) is 0 Å². The van der Waals surface area contributed by atoms with E-state index in [1.165, 1.54) is 6.92 Å². The van der Waals surface area contributed by atoms with E-state index in [-0.39, 0.29) is 19.1 Å². The molecule has 0 saturated heterocycles. The molecule has 130 valence electrons. The van der Waals surface area contributed by atoms with Crippen molar-refractivity contribution in [3.05, 3.63) is 48.0 Å². The first-order chi connectivity index (χ1) is 11.5. The zero-order valence-electron chi connectivity index (χ0n) is 14.3. The highest BCUT2D eigenvalue weighted by Crippen LogP contribution is 2.53. The van der Waals surface area contributed by atoms with Crippen molar-refractivity contribution in [2.75, 3.05) is 13.2 Å². The summed E-state index contributed by atoms with van der Waals surface area (Å²) in [5.74, 6) is -0.975. The van der Waals surface area contributed by atoms with Crippen molar-refractivity contribution in [3.8, 4) is 0 Å². The summed E-state index contributed by atoms with van der Waals surface area (Å²) in [6.07, 6.45) is 0.377. The molecule has 0 heterocycles. The normalized spacial score (nSPS) is 13.0. The summed E-state index contributed by atoms with van der Waals surface area (Å²) >= 11 is 0. The number of carbonyl (C=O) groups is 1. The molecule has 0 fully saturated rings. The third-order valence-corrected chi connectivity index (χ3v) is 5.92. The van der Waals surface area contributed by atoms with E-state index in [1.54, 1.807) is 13.8 Å². The van der Waals surface area contributed by atoms with Gasteiger partial charge in [0, 0.05) is 13.3 Å². The van der Waals surface area contributed by atoms with E-state index in [2.05, 4.69) is 5.32 Å². The largest absolute Gasteiger partial charge is 0.353 e. The van der Waals surface area contributed by atoms with Gasteiger partial charge in [0.25, 0.3) is 0 Å². The Kier molecular flexibility index (Phi) is 6.55. The van der Waals surface area contributed by atoms with Crippen LogP contribution < -0.4 is 5.32 Å². The summed E-state index contributed by atoms with van der Waals surface area (Å²) in [5.41, 5.74) is 0.965. The molecule has 2 aromatic carbocycles. The molecule has 0 aliphatic heterocycles. The van der Waals surface area contributed by atoms with Gasteiger partial charge in [-0.15, -0.1) is 0 Å². The first kappa shape index (κ1) is 18.7. The molecule has 24 heavy (non-hydrogen) atoms. The Labute approximate surface area is 142 Å². The Hall–Kier alpha value is -1.68. The maximum Gasteiger partial charge on any atom is 0.353 e. The predicted molar refractivity (Wildman–Crippen MR) is 96.1 cm³/mol. The number of hydrogen-bond acceptors (Lipinski definition) is 4. The second kappa shape index (κ2) is 8.43. The fraction of sp³-hybridized carbons (Fsp3) is 0.389. The molecular weight excluding hydrogens is 325 g/mol. The van der Waals surface area contributed by atoms with Crippen LogP contribution in [0.2, 0.25) is 0 Å². The van der Waals surface area contributed by atoms with Crippen LogP contribution in [0.1, 0.15) is 26.3 Å². The zero-order chi connectivity index (χ0) is 17.6. The Morgan fingerprint density at radius 1 is 1.08 bits per heavy atom. The van der Waals surface area contributed by atoms with Gasteiger partial charge in [-0.2, -0.15) is 0 Å². The Balaban J connectivity index is 2.32. The molecule has 2 aromatic rings. The van der Waals surface area contributed by atoms with E-state index >= 15 is 0 Å². The highest BCUT2D eigenvalue weighted by atomic mass is 31.2. The lowest BCUT2D eigenvalue weighted by molar-refractivity contribution is -0.119. The zero-order valence-corrected chi connectivity index (χ0v) is 15.2. The van der Waals surface area contributed by atoms with Crippen molar-refractivity contribution >= 4 is 24.3 Å². The smallest absolute Gasteiger partial charge is 0.342 e. The third kappa shape index (κ3) is 4.67. The first-order valence-corrected chi connectivity index (χ1v) is 9.73. The van der Waals surface area contributed by atoms with Gasteiger partial charge in [0.05, 0.1) is 13.2 Å². The molecule has 1 N–H and O–H groups in total. The molecule has 0 bridgehead atoms. The molecule has 0 spiro atoms. The molecule has 0 saturated carbocycles. The molecule has 0 aromatic heterocycles. The highest BCUT2D eigenvalue weighted by molar-refractivity contribution is 7.54. The second-order valence-corrected chi connectivity index (χ2v) is 7.70. The molecule has 6 heteroatoms. The van der Waals surface area contributed by atoms with Crippen molar-refractivity contribution in [1.82, 2.24) is 5.32 Å². The van der Waals surface area contributed by atoms with Gasteiger partial charge in [-0.25, -0.2) is 0 Å². The van der Waals surface area contributed by atoms with E-state index in [4.69, 9.17) is 9.05 Å². The summed E-state index contributed by atoms with van der Waals surface area (Å²) in [6.45, 7) is 5.42. The van der Waals surface area contributed by atoms with Gasteiger partial charge in [0.2, 0.25) is 5.91 Å². The number of carbonyl (C=O) groups excluding carboxylic acids is 1. The second-order valence-electron chi connectivity index (χ2n) is 5.48. The van der Waals surface area contributed by atoms with E-state index in [9.17, 15) is 9.36 Å². The molecular formula is C18H24NO4P. The average Bonchev–Trinajstić information content (AvgIpc) is 2.54. The van der Waals surface area contributed by atoms with Gasteiger partial charge >= 0.3 is 7.60 Å². The summed E-state index contributed by atoms with van der Waals surface area (Å²) in [6, 6.07) is 14.0. The highest BCUT2D eigenvalue weighted by Gasteiger charge is 2.36. The lowest BCUT2D eigenvalue weighted by Crippen LogP contribution is -2.36. The van der Waals surface area contributed by atoms with E-state index < -0.39 is 13.4 Å². The summed E-state index contributed by atoms with van der Waals surface area (Å²) in [4.78, 5) is 11.6. The quantitative estimate of drug-likeness (QED) is 0.729. The van der Waals surface area contributed by atoms with Gasteiger partial charge in [-0.3, -0.25) is 9.36 Å². The fourth-order valence-corrected chi connectivity index (χ4v) is 4.57. The van der Waals surface area contributed by atoms with Crippen LogP contribution in [0.3, 0.4) is 0 Å². The van der Waals surface area contributed by atoms with Crippen molar-refractivity contribution in [1.29, 1.82) is 0 Å². The lowest BCUT2D eigenvalue weighted by atomic mass is 10.1. The maximum atomic E-state index is 13.1.